The van der Waals surface area contributed by atoms with Gasteiger partial charge in [-0.15, -0.1) is 0 Å². The molecule has 0 bridgehead atoms. The molecule has 1 atom stereocenters. The molecule has 1 fully saturated rings. The fourth-order valence-corrected chi connectivity index (χ4v) is 5.57. The van der Waals surface area contributed by atoms with Crippen molar-refractivity contribution in [2.45, 2.75) is 43.8 Å². The number of hydrogen-bond donors (Lipinski definition) is 1. The Morgan fingerprint density at radius 3 is 2.43 bits per heavy atom. The summed E-state index contributed by atoms with van der Waals surface area (Å²) in [4.78, 5) is 12.6. The quantitative estimate of drug-likeness (QED) is 0.767. The third-order valence-electron chi connectivity index (χ3n) is 5.23. The number of alkyl halides is 3. The van der Waals surface area contributed by atoms with Crippen molar-refractivity contribution in [1.82, 2.24) is 9.62 Å². The van der Waals surface area contributed by atoms with Crippen LogP contribution in [0.15, 0.2) is 47.4 Å². The highest BCUT2D eigenvalue weighted by molar-refractivity contribution is 7.89. The number of carbonyl (C=O) groups is 1. The summed E-state index contributed by atoms with van der Waals surface area (Å²) in [6.45, 7) is 4.01. The van der Waals surface area contributed by atoms with E-state index in [4.69, 9.17) is 0 Å². The topological polar surface area (TPSA) is 66.5 Å². The Morgan fingerprint density at radius 2 is 1.80 bits per heavy atom. The van der Waals surface area contributed by atoms with Gasteiger partial charge in [0.25, 0.3) is 5.91 Å². The molecular formula is C21H23F3N2O3S. The second kappa shape index (κ2) is 8.39. The molecule has 0 spiro atoms. The van der Waals surface area contributed by atoms with E-state index in [-0.39, 0.29) is 17.0 Å². The predicted molar refractivity (Wildman–Crippen MR) is 107 cm³/mol. The molecule has 2 aromatic carbocycles. The van der Waals surface area contributed by atoms with Gasteiger partial charge < -0.3 is 5.32 Å². The van der Waals surface area contributed by atoms with Crippen molar-refractivity contribution in [2.24, 2.45) is 0 Å². The molecule has 1 heterocycles. The minimum atomic E-state index is -4.47. The largest absolute Gasteiger partial charge is 0.416 e. The Balaban J connectivity index is 1.71. The molecule has 0 radical (unpaired) electrons. The van der Waals surface area contributed by atoms with Crippen molar-refractivity contribution >= 4 is 15.9 Å². The molecule has 30 heavy (non-hydrogen) atoms. The molecule has 162 valence electrons. The van der Waals surface area contributed by atoms with Gasteiger partial charge in [-0.2, -0.15) is 17.5 Å². The zero-order chi connectivity index (χ0) is 22.1. The Morgan fingerprint density at radius 1 is 1.13 bits per heavy atom. The van der Waals surface area contributed by atoms with Crippen molar-refractivity contribution in [2.75, 3.05) is 13.1 Å². The lowest BCUT2D eigenvalue weighted by atomic mass is 10.1. The second-order valence-corrected chi connectivity index (χ2v) is 9.32. The maximum Gasteiger partial charge on any atom is 0.416 e. The van der Waals surface area contributed by atoms with Crippen molar-refractivity contribution < 1.29 is 26.4 Å². The van der Waals surface area contributed by atoms with Crippen molar-refractivity contribution in [3.05, 3.63) is 64.7 Å². The fourth-order valence-electron chi connectivity index (χ4n) is 3.56. The standard InChI is InChI=1S/C21H23F3N2O3S/c1-14-5-6-15(2)19(12-14)30(28,29)26-11-3-4-18(26)13-25-20(27)16-7-9-17(10-8-16)21(22,23)24/h5-10,12,18H,3-4,11,13H2,1-2H3,(H,25,27)/t18-/m1/s1. The van der Waals surface area contributed by atoms with Crippen LogP contribution in [0.2, 0.25) is 0 Å². The first-order valence-corrected chi connectivity index (χ1v) is 11.0. The normalized spacial score (nSPS) is 17.8. The van der Waals surface area contributed by atoms with Gasteiger partial charge in [0.05, 0.1) is 10.5 Å². The van der Waals surface area contributed by atoms with E-state index < -0.39 is 33.7 Å². The number of amides is 1. The Hall–Kier alpha value is -2.39. The average molecular weight is 440 g/mol. The van der Waals surface area contributed by atoms with Crippen LogP contribution in [-0.2, 0) is 16.2 Å². The van der Waals surface area contributed by atoms with E-state index in [1.165, 1.54) is 4.31 Å². The van der Waals surface area contributed by atoms with Crippen LogP contribution in [0.1, 0.15) is 39.9 Å². The number of nitrogens with zero attached hydrogens (tertiary/aromatic N) is 1. The summed E-state index contributed by atoms with van der Waals surface area (Å²) < 4.78 is 65.7. The lowest BCUT2D eigenvalue weighted by Gasteiger charge is -2.25. The van der Waals surface area contributed by atoms with Crippen LogP contribution in [-0.4, -0.2) is 37.8 Å². The van der Waals surface area contributed by atoms with Crippen LogP contribution in [0.25, 0.3) is 0 Å². The molecule has 3 rings (SSSR count). The first-order chi connectivity index (χ1) is 14.0. The van der Waals surface area contributed by atoms with Gasteiger partial charge in [-0.3, -0.25) is 4.79 Å². The summed E-state index contributed by atoms with van der Waals surface area (Å²) in [5.41, 5.74) is 0.746. The summed E-state index contributed by atoms with van der Waals surface area (Å²) >= 11 is 0. The first kappa shape index (κ1) is 22.3. The first-order valence-electron chi connectivity index (χ1n) is 9.54. The van der Waals surface area contributed by atoms with E-state index >= 15 is 0 Å². The highest BCUT2D eigenvalue weighted by Crippen LogP contribution is 2.30. The molecule has 2 aromatic rings. The van der Waals surface area contributed by atoms with Crippen LogP contribution < -0.4 is 5.32 Å². The molecule has 9 heteroatoms. The molecule has 0 aliphatic carbocycles. The van der Waals surface area contributed by atoms with Crippen molar-refractivity contribution in [1.29, 1.82) is 0 Å². The highest BCUT2D eigenvalue weighted by Gasteiger charge is 2.36. The molecule has 0 aromatic heterocycles. The molecule has 5 nitrogen and oxygen atoms in total. The zero-order valence-electron chi connectivity index (χ0n) is 16.7. The fraction of sp³-hybridized carbons (Fsp3) is 0.381. The van der Waals surface area contributed by atoms with Crippen LogP contribution in [0.3, 0.4) is 0 Å². The van der Waals surface area contributed by atoms with E-state index in [2.05, 4.69) is 5.32 Å². The summed E-state index contributed by atoms with van der Waals surface area (Å²) in [7, 11) is -3.72. The molecule has 1 amide bonds. The summed E-state index contributed by atoms with van der Waals surface area (Å²) in [5, 5.41) is 2.65. The number of aryl methyl sites for hydroxylation is 2. The van der Waals surface area contributed by atoms with Gasteiger partial charge in [0, 0.05) is 24.7 Å². The highest BCUT2D eigenvalue weighted by atomic mass is 32.2. The van der Waals surface area contributed by atoms with Gasteiger partial charge in [0.1, 0.15) is 0 Å². The van der Waals surface area contributed by atoms with Gasteiger partial charge in [-0.1, -0.05) is 12.1 Å². The number of benzene rings is 2. The zero-order valence-corrected chi connectivity index (χ0v) is 17.5. The third kappa shape index (κ3) is 4.67. The second-order valence-electron chi connectivity index (χ2n) is 7.47. The number of carbonyl (C=O) groups excluding carboxylic acids is 1. The van der Waals surface area contributed by atoms with Crippen LogP contribution in [0.4, 0.5) is 13.2 Å². The van der Waals surface area contributed by atoms with Crippen molar-refractivity contribution in [3.8, 4) is 0 Å². The van der Waals surface area contributed by atoms with Gasteiger partial charge in [0.2, 0.25) is 10.0 Å². The van der Waals surface area contributed by atoms with Gasteiger partial charge in [-0.25, -0.2) is 8.42 Å². The van der Waals surface area contributed by atoms with Crippen molar-refractivity contribution in [3.63, 3.8) is 0 Å². The maximum atomic E-state index is 13.2. The molecule has 1 N–H and O–H groups in total. The minimum Gasteiger partial charge on any atom is -0.350 e. The Labute approximate surface area is 173 Å². The van der Waals surface area contributed by atoms with Gasteiger partial charge >= 0.3 is 6.18 Å². The smallest absolute Gasteiger partial charge is 0.350 e. The molecule has 1 aliphatic heterocycles. The number of nitrogens with one attached hydrogen (secondary N) is 1. The van der Waals surface area contributed by atoms with Crippen LogP contribution in [0, 0.1) is 13.8 Å². The Bertz CT molecular complexity index is 1030. The number of hydrogen-bond acceptors (Lipinski definition) is 3. The van der Waals surface area contributed by atoms with E-state index in [9.17, 15) is 26.4 Å². The Kier molecular flexibility index (Phi) is 6.24. The summed E-state index contributed by atoms with van der Waals surface area (Å²) in [6, 6.07) is 8.76. The molecule has 1 aliphatic rings. The van der Waals surface area contributed by atoms with E-state index in [0.29, 0.717) is 24.9 Å². The molecule has 0 saturated carbocycles. The molecule has 0 unspecified atom stereocenters. The monoisotopic (exact) mass is 440 g/mol. The predicted octanol–water partition coefficient (Wildman–Crippen LogP) is 3.91. The number of rotatable bonds is 5. The lowest BCUT2D eigenvalue weighted by Crippen LogP contribution is -2.43. The van der Waals surface area contributed by atoms with E-state index in [1.807, 2.05) is 13.0 Å². The van der Waals surface area contributed by atoms with Gasteiger partial charge in [-0.05, 0) is 68.1 Å². The lowest BCUT2D eigenvalue weighted by molar-refractivity contribution is -0.137. The van der Waals surface area contributed by atoms with E-state index in [0.717, 1.165) is 29.8 Å². The number of sulfonamides is 1. The summed E-state index contributed by atoms with van der Waals surface area (Å²) in [6.07, 6.45) is -3.20. The van der Waals surface area contributed by atoms with E-state index in [1.54, 1.807) is 19.1 Å². The molecular weight excluding hydrogens is 417 g/mol. The summed E-state index contributed by atoms with van der Waals surface area (Å²) in [5.74, 6) is -0.542. The molecule has 1 saturated heterocycles. The van der Waals surface area contributed by atoms with Crippen LogP contribution in [0.5, 0.6) is 0 Å². The minimum absolute atomic E-state index is 0.0873. The number of halogens is 3. The maximum absolute atomic E-state index is 13.2. The van der Waals surface area contributed by atoms with Crippen LogP contribution >= 0.6 is 0 Å². The van der Waals surface area contributed by atoms with Gasteiger partial charge in [0.15, 0.2) is 0 Å². The third-order valence-corrected chi connectivity index (χ3v) is 7.32. The SMILES string of the molecule is Cc1ccc(C)c(S(=O)(=O)N2CCC[C@@H]2CNC(=O)c2ccc(C(F)(F)F)cc2)c1. The average Bonchev–Trinajstić information content (AvgIpc) is 3.17.